The van der Waals surface area contributed by atoms with Crippen LogP contribution >= 0.6 is 11.8 Å². The number of ether oxygens (including phenoxy) is 1. The maximum atomic E-state index is 5.27. The first-order chi connectivity index (χ1) is 5.86. The van der Waals surface area contributed by atoms with E-state index in [-0.39, 0.29) is 0 Å². The van der Waals surface area contributed by atoms with E-state index in [2.05, 4.69) is 9.97 Å². The van der Waals surface area contributed by atoms with E-state index in [1.807, 2.05) is 6.26 Å². The maximum Gasteiger partial charge on any atom is 0.217 e. The average molecular weight is 185 g/mol. The molecule has 0 aliphatic rings. The summed E-state index contributed by atoms with van der Waals surface area (Å²) < 4.78 is 5.21. The Morgan fingerprint density at radius 2 is 2.42 bits per heavy atom. The Labute approximate surface area is 75.5 Å². The minimum Gasteiger partial charge on any atom is -0.476 e. The van der Waals surface area contributed by atoms with Crippen molar-refractivity contribution in [3.8, 4) is 5.88 Å². The van der Waals surface area contributed by atoms with Crippen LogP contribution in [0.4, 0.5) is 0 Å². The van der Waals surface area contributed by atoms with Crippen molar-refractivity contribution in [3.05, 3.63) is 12.4 Å². The molecule has 12 heavy (non-hydrogen) atoms. The second kappa shape index (κ2) is 4.95. The van der Waals surface area contributed by atoms with Crippen molar-refractivity contribution in [2.75, 3.05) is 19.4 Å². The maximum absolute atomic E-state index is 5.27. The molecule has 0 fully saturated rings. The van der Waals surface area contributed by atoms with E-state index in [1.165, 1.54) is 6.33 Å². The number of nitrogens with zero attached hydrogens (tertiary/aromatic N) is 2. The first-order valence-corrected chi connectivity index (χ1v) is 4.78. The van der Waals surface area contributed by atoms with Crippen LogP contribution in [0.15, 0.2) is 17.4 Å². The number of rotatable bonds is 4. The van der Waals surface area contributed by atoms with Gasteiger partial charge in [0.1, 0.15) is 18.0 Å². The number of nitrogens with two attached hydrogens (primary N) is 1. The van der Waals surface area contributed by atoms with Gasteiger partial charge in [-0.1, -0.05) is 0 Å². The zero-order valence-electron chi connectivity index (χ0n) is 6.86. The fourth-order valence-electron chi connectivity index (χ4n) is 0.677. The molecule has 0 atom stereocenters. The summed E-state index contributed by atoms with van der Waals surface area (Å²) in [5.41, 5.74) is 5.27. The van der Waals surface area contributed by atoms with Gasteiger partial charge in [-0.3, -0.25) is 0 Å². The molecule has 66 valence electrons. The molecule has 0 bridgehead atoms. The third-order valence-electron chi connectivity index (χ3n) is 1.19. The van der Waals surface area contributed by atoms with Crippen LogP contribution < -0.4 is 10.5 Å². The van der Waals surface area contributed by atoms with E-state index in [1.54, 1.807) is 17.8 Å². The summed E-state index contributed by atoms with van der Waals surface area (Å²) in [5.74, 6) is 0.583. The number of thioether (sulfide) groups is 1. The zero-order chi connectivity index (χ0) is 8.81. The van der Waals surface area contributed by atoms with Crippen LogP contribution in [-0.4, -0.2) is 29.4 Å². The second-order valence-electron chi connectivity index (χ2n) is 2.04. The molecule has 0 saturated heterocycles. The molecule has 0 aliphatic carbocycles. The van der Waals surface area contributed by atoms with Gasteiger partial charge in [-0.05, 0) is 6.26 Å². The summed E-state index contributed by atoms with van der Waals surface area (Å²) in [7, 11) is 0. The minimum absolute atomic E-state index is 0.491. The minimum atomic E-state index is 0.491. The number of hydrogen-bond donors (Lipinski definition) is 1. The van der Waals surface area contributed by atoms with E-state index < -0.39 is 0 Å². The van der Waals surface area contributed by atoms with Gasteiger partial charge in [0.05, 0.1) is 0 Å². The zero-order valence-corrected chi connectivity index (χ0v) is 7.67. The lowest BCUT2D eigenvalue weighted by molar-refractivity contribution is 0.313. The van der Waals surface area contributed by atoms with Crippen LogP contribution in [0.1, 0.15) is 0 Å². The molecule has 5 heteroatoms. The molecule has 0 amide bonds. The van der Waals surface area contributed by atoms with Crippen molar-refractivity contribution in [3.63, 3.8) is 0 Å². The quantitative estimate of drug-likeness (QED) is 0.548. The Bertz CT molecular complexity index is 244. The Morgan fingerprint density at radius 1 is 1.58 bits per heavy atom. The molecule has 0 unspecified atom stereocenters. The molecule has 2 N–H and O–H groups in total. The van der Waals surface area contributed by atoms with Gasteiger partial charge in [-0.25, -0.2) is 9.97 Å². The van der Waals surface area contributed by atoms with Crippen molar-refractivity contribution in [2.45, 2.75) is 5.03 Å². The van der Waals surface area contributed by atoms with Gasteiger partial charge in [0.15, 0.2) is 0 Å². The molecule has 1 aromatic rings. The summed E-state index contributed by atoms with van der Waals surface area (Å²) in [6, 6.07) is 1.79. The van der Waals surface area contributed by atoms with Crippen LogP contribution in [0.2, 0.25) is 0 Å². The highest BCUT2D eigenvalue weighted by molar-refractivity contribution is 7.98. The normalized spacial score (nSPS) is 9.83. The Kier molecular flexibility index (Phi) is 3.83. The second-order valence-corrected chi connectivity index (χ2v) is 2.86. The molecule has 0 saturated carbocycles. The topological polar surface area (TPSA) is 61.0 Å². The number of aromatic nitrogens is 2. The van der Waals surface area contributed by atoms with Crippen LogP contribution in [-0.2, 0) is 0 Å². The summed E-state index contributed by atoms with van der Waals surface area (Å²) in [4.78, 5) is 7.93. The van der Waals surface area contributed by atoms with Crippen molar-refractivity contribution in [2.24, 2.45) is 5.73 Å². The standard InChI is InChI=1S/C7H11N3OS/c1-12-7-4-6(9-5-10-7)11-3-2-8/h4-5H,2-3,8H2,1H3. The van der Waals surface area contributed by atoms with Gasteiger partial charge in [-0.15, -0.1) is 11.8 Å². The van der Waals surface area contributed by atoms with Gasteiger partial charge in [0.2, 0.25) is 5.88 Å². The molecule has 1 rings (SSSR count). The van der Waals surface area contributed by atoms with E-state index in [0.717, 1.165) is 5.03 Å². The summed E-state index contributed by atoms with van der Waals surface area (Å²) in [5, 5.41) is 0.900. The lowest BCUT2D eigenvalue weighted by atomic mass is 10.6. The smallest absolute Gasteiger partial charge is 0.217 e. The predicted octanol–water partition coefficient (Wildman–Crippen LogP) is 0.536. The Balaban J connectivity index is 2.60. The van der Waals surface area contributed by atoms with Crippen molar-refractivity contribution in [1.82, 2.24) is 9.97 Å². The van der Waals surface area contributed by atoms with Gasteiger partial charge in [0, 0.05) is 12.6 Å². The van der Waals surface area contributed by atoms with Crippen molar-refractivity contribution >= 4 is 11.8 Å². The van der Waals surface area contributed by atoms with E-state index in [0.29, 0.717) is 19.0 Å². The van der Waals surface area contributed by atoms with Gasteiger partial charge in [0.25, 0.3) is 0 Å². The molecule has 4 nitrogen and oxygen atoms in total. The largest absolute Gasteiger partial charge is 0.476 e. The Hall–Kier alpha value is -0.810. The molecule has 0 radical (unpaired) electrons. The third kappa shape index (κ3) is 2.67. The Morgan fingerprint density at radius 3 is 3.08 bits per heavy atom. The van der Waals surface area contributed by atoms with E-state index >= 15 is 0 Å². The first kappa shape index (κ1) is 9.28. The molecule has 1 aromatic heterocycles. The lowest BCUT2D eigenvalue weighted by Crippen LogP contribution is -2.11. The third-order valence-corrected chi connectivity index (χ3v) is 1.84. The molecule has 1 heterocycles. The average Bonchev–Trinajstić information content (AvgIpc) is 2.15. The SMILES string of the molecule is CSc1cc(OCCN)ncn1. The van der Waals surface area contributed by atoms with Crippen LogP contribution in [0, 0.1) is 0 Å². The summed E-state index contributed by atoms with van der Waals surface area (Å²) >= 11 is 1.55. The van der Waals surface area contributed by atoms with Gasteiger partial charge in [-0.2, -0.15) is 0 Å². The van der Waals surface area contributed by atoms with Gasteiger partial charge < -0.3 is 10.5 Å². The fourth-order valence-corrected chi connectivity index (χ4v) is 1.05. The summed E-state index contributed by atoms with van der Waals surface area (Å²) in [6.45, 7) is 0.990. The van der Waals surface area contributed by atoms with Crippen molar-refractivity contribution in [1.29, 1.82) is 0 Å². The predicted molar refractivity (Wildman–Crippen MR) is 48.4 cm³/mol. The highest BCUT2D eigenvalue weighted by Gasteiger charge is 1.96. The lowest BCUT2D eigenvalue weighted by Gasteiger charge is -2.02. The van der Waals surface area contributed by atoms with Crippen LogP contribution in [0.5, 0.6) is 5.88 Å². The molecular weight excluding hydrogens is 174 g/mol. The molecule has 0 spiro atoms. The summed E-state index contributed by atoms with van der Waals surface area (Å²) in [6.07, 6.45) is 3.44. The van der Waals surface area contributed by atoms with Gasteiger partial charge >= 0.3 is 0 Å². The van der Waals surface area contributed by atoms with E-state index in [4.69, 9.17) is 10.5 Å². The molecular formula is C7H11N3OS. The highest BCUT2D eigenvalue weighted by Crippen LogP contribution is 2.14. The molecule has 0 aliphatic heterocycles. The number of hydrogen-bond acceptors (Lipinski definition) is 5. The first-order valence-electron chi connectivity index (χ1n) is 3.55. The van der Waals surface area contributed by atoms with Crippen LogP contribution in [0.3, 0.4) is 0 Å². The van der Waals surface area contributed by atoms with Crippen LogP contribution in [0.25, 0.3) is 0 Å². The monoisotopic (exact) mass is 185 g/mol. The van der Waals surface area contributed by atoms with Crippen molar-refractivity contribution < 1.29 is 4.74 Å². The molecule has 0 aromatic carbocycles. The van der Waals surface area contributed by atoms with E-state index in [9.17, 15) is 0 Å². The fraction of sp³-hybridized carbons (Fsp3) is 0.429. The highest BCUT2D eigenvalue weighted by atomic mass is 32.2.